The highest BCUT2D eigenvalue weighted by molar-refractivity contribution is 5.90. The lowest BCUT2D eigenvalue weighted by atomic mass is 9.96. The monoisotopic (exact) mass is 362 g/mol. The maximum Gasteiger partial charge on any atom is 0.339 e. The molecule has 4 nitrogen and oxygen atoms in total. The zero-order valence-electron chi connectivity index (χ0n) is 15.1. The molecule has 1 aromatic heterocycles. The van der Waals surface area contributed by atoms with E-state index in [1.165, 1.54) is 12.3 Å². The largest absolute Gasteiger partial charge is 0.478 e. The van der Waals surface area contributed by atoms with Crippen molar-refractivity contribution in [3.8, 4) is 11.1 Å². The van der Waals surface area contributed by atoms with Gasteiger partial charge < -0.3 is 5.11 Å². The fourth-order valence-corrected chi connectivity index (χ4v) is 2.97. The number of hydrogen-bond acceptors (Lipinski definition) is 2. The molecule has 5 heteroatoms. The van der Waals surface area contributed by atoms with Crippen molar-refractivity contribution in [1.82, 2.24) is 9.78 Å². The molecule has 0 aliphatic rings. The van der Waals surface area contributed by atoms with Gasteiger partial charge in [0.2, 0.25) is 0 Å². The molecular formula is C22H19FN2O2. The topological polar surface area (TPSA) is 55.1 Å². The Kier molecular flexibility index (Phi) is 5.03. The lowest BCUT2D eigenvalue weighted by molar-refractivity contribution is 0.0696. The van der Waals surface area contributed by atoms with Gasteiger partial charge in [0.15, 0.2) is 0 Å². The molecule has 0 amide bonds. The van der Waals surface area contributed by atoms with Gasteiger partial charge in [-0.15, -0.1) is 0 Å². The molecular weight excluding hydrogens is 343 g/mol. The number of aromatic carboxylic acids is 1. The van der Waals surface area contributed by atoms with Gasteiger partial charge in [0.25, 0.3) is 0 Å². The fourth-order valence-electron chi connectivity index (χ4n) is 2.97. The minimum atomic E-state index is -1.05. The van der Waals surface area contributed by atoms with Gasteiger partial charge >= 0.3 is 5.97 Å². The Balaban J connectivity index is 2.27. The average Bonchev–Trinajstić information content (AvgIpc) is 3.01. The molecule has 2 aromatic carbocycles. The van der Waals surface area contributed by atoms with Crippen molar-refractivity contribution < 1.29 is 14.3 Å². The van der Waals surface area contributed by atoms with E-state index >= 15 is 0 Å². The van der Waals surface area contributed by atoms with Crippen LogP contribution in [0.5, 0.6) is 0 Å². The number of aromatic nitrogens is 2. The molecule has 136 valence electrons. The first kappa shape index (κ1) is 18.3. The highest BCUT2D eigenvalue weighted by Crippen LogP contribution is 2.32. The van der Waals surface area contributed by atoms with Crippen LogP contribution >= 0.6 is 0 Å². The summed E-state index contributed by atoms with van der Waals surface area (Å²) < 4.78 is 16.0. The molecule has 3 rings (SSSR count). The Morgan fingerprint density at radius 2 is 1.74 bits per heavy atom. The number of rotatable bonds is 5. The van der Waals surface area contributed by atoms with Crippen LogP contribution in [-0.4, -0.2) is 20.9 Å². The van der Waals surface area contributed by atoms with Gasteiger partial charge in [-0.05, 0) is 31.6 Å². The van der Waals surface area contributed by atoms with E-state index in [1.54, 1.807) is 29.8 Å². The number of halogens is 1. The van der Waals surface area contributed by atoms with Crippen LogP contribution in [0.3, 0.4) is 0 Å². The molecule has 0 bridgehead atoms. The van der Waals surface area contributed by atoms with Crippen LogP contribution in [0.2, 0.25) is 0 Å². The maximum absolute atomic E-state index is 14.4. The Morgan fingerprint density at radius 1 is 1.11 bits per heavy atom. The Morgan fingerprint density at radius 3 is 2.33 bits per heavy atom. The summed E-state index contributed by atoms with van der Waals surface area (Å²) in [4.78, 5) is 11.4. The summed E-state index contributed by atoms with van der Waals surface area (Å²) in [7, 11) is 0. The molecule has 0 saturated carbocycles. The first-order valence-electron chi connectivity index (χ1n) is 8.40. The van der Waals surface area contributed by atoms with Gasteiger partial charge in [-0.1, -0.05) is 54.6 Å². The van der Waals surface area contributed by atoms with Gasteiger partial charge in [-0.3, -0.25) is 0 Å². The van der Waals surface area contributed by atoms with Crippen LogP contribution in [0.15, 0.2) is 73.0 Å². The summed E-state index contributed by atoms with van der Waals surface area (Å²) in [5.41, 5.74) is 3.88. The van der Waals surface area contributed by atoms with Crippen molar-refractivity contribution >= 4 is 11.7 Å². The second-order valence-corrected chi connectivity index (χ2v) is 6.26. The number of benzene rings is 2. The molecule has 0 aliphatic carbocycles. The lowest BCUT2D eigenvalue weighted by Crippen LogP contribution is -2.07. The van der Waals surface area contributed by atoms with Gasteiger partial charge in [-0.2, -0.15) is 5.10 Å². The van der Waals surface area contributed by atoms with Gasteiger partial charge in [-0.25, -0.2) is 13.9 Å². The number of carboxylic acid groups (broad SMARTS) is 1. The van der Waals surface area contributed by atoms with E-state index < -0.39 is 5.97 Å². The summed E-state index contributed by atoms with van der Waals surface area (Å²) in [6, 6.07) is 13.9. The highest BCUT2D eigenvalue weighted by atomic mass is 19.1. The Bertz CT molecular complexity index is 1060. The first-order chi connectivity index (χ1) is 12.9. The molecule has 0 fully saturated rings. The zero-order chi connectivity index (χ0) is 19.6. The smallest absolute Gasteiger partial charge is 0.339 e. The van der Waals surface area contributed by atoms with Crippen molar-refractivity contribution in [1.29, 1.82) is 0 Å². The molecule has 0 atom stereocenters. The van der Waals surface area contributed by atoms with E-state index in [-0.39, 0.29) is 11.4 Å². The molecule has 0 radical (unpaired) electrons. The van der Waals surface area contributed by atoms with E-state index in [2.05, 4.69) is 11.7 Å². The number of hydrogen-bond donors (Lipinski definition) is 1. The number of allylic oxidation sites excluding steroid dienone is 2. The second kappa shape index (κ2) is 7.41. The molecule has 0 spiro atoms. The summed E-state index contributed by atoms with van der Waals surface area (Å²) >= 11 is 0. The fraction of sp³-hybridized carbons (Fsp3) is 0.0909. The van der Waals surface area contributed by atoms with Crippen LogP contribution in [0, 0.1) is 12.7 Å². The van der Waals surface area contributed by atoms with Crippen LogP contribution in [-0.2, 0) is 0 Å². The summed E-state index contributed by atoms with van der Waals surface area (Å²) in [6.07, 6.45) is 3.13. The predicted molar refractivity (Wildman–Crippen MR) is 104 cm³/mol. The minimum Gasteiger partial charge on any atom is -0.478 e. The van der Waals surface area contributed by atoms with Gasteiger partial charge in [0, 0.05) is 11.1 Å². The summed E-state index contributed by atoms with van der Waals surface area (Å²) in [5, 5.41) is 13.6. The molecule has 0 saturated heterocycles. The van der Waals surface area contributed by atoms with E-state index in [9.17, 15) is 14.3 Å². The van der Waals surface area contributed by atoms with Crippen molar-refractivity contribution in [3.63, 3.8) is 0 Å². The second-order valence-electron chi connectivity index (χ2n) is 6.26. The number of carboxylic acids is 1. The van der Waals surface area contributed by atoms with Crippen LogP contribution in [0.4, 0.5) is 4.39 Å². The Hall–Kier alpha value is -3.47. The third-order valence-electron chi connectivity index (χ3n) is 4.22. The molecule has 27 heavy (non-hydrogen) atoms. The molecule has 1 heterocycles. The van der Waals surface area contributed by atoms with Crippen molar-refractivity contribution in [2.75, 3.05) is 0 Å². The molecule has 1 N–H and O–H groups in total. The minimum absolute atomic E-state index is 0.117. The number of carbonyl (C=O) groups is 1. The first-order valence-corrected chi connectivity index (χ1v) is 8.40. The third kappa shape index (κ3) is 3.58. The zero-order valence-corrected chi connectivity index (χ0v) is 15.1. The molecule has 0 unspecified atom stereocenters. The van der Waals surface area contributed by atoms with Crippen LogP contribution < -0.4 is 0 Å². The van der Waals surface area contributed by atoms with E-state index in [1.807, 2.05) is 37.3 Å². The lowest BCUT2D eigenvalue weighted by Gasteiger charge is -2.16. The van der Waals surface area contributed by atoms with Gasteiger partial charge in [0.05, 0.1) is 17.6 Å². The SMILES string of the molecule is C=C(C)/C=C(/c1ccccc1-c1ccccc1F)n1ncc(C(=O)O)c1C. The summed E-state index contributed by atoms with van der Waals surface area (Å²) in [5.74, 6) is -1.38. The standard InChI is InChI=1S/C22H19FN2O2/c1-14(2)12-21(25-15(3)19(13-24-25)22(26)27)18-10-5-4-8-16(18)17-9-6-7-11-20(17)23/h4-13H,1H2,2-3H3,(H,26,27)/b21-12-. The van der Waals surface area contributed by atoms with Crippen molar-refractivity contribution in [3.05, 3.63) is 95.6 Å². The molecule has 3 aromatic rings. The van der Waals surface area contributed by atoms with E-state index in [0.29, 0.717) is 22.5 Å². The van der Waals surface area contributed by atoms with E-state index in [0.717, 1.165) is 11.1 Å². The highest BCUT2D eigenvalue weighted by Gasteiger charge is 2.19. The third-order valence-corrected chi connectivity index (χ3v) is 4.22. The number of nitrogens with zero attached hydrogens (tertiary/aromatic N) is 2. The molecule has 0 aliphatic heterocycles. The summed E-state index contributed by atoms with van der Waals surface area (Å²) in [6.45, 7) is 7.45. The predicted octanol–water partition coefficient (Wildman–Crippen LogP) is 5.16. The quantitative estimate of drug-likeness (QED) is 0.638. The normalized spacial score (nSPS) is 11.4. The van der Waals surface area contributed by atoms with E-state index in [4.69, 9.17) is 0 Å². The van der Waals surface area contributed by atoms with Crippen LogP contribution in [0.25, 0.3) is 16.8 Å². The van der Waals surface area contributed by atoms with Crippen molar-refractivity contribution in [2.45, 2.75) is 13.8 Å². The Labute approximate surface area is 156 Å². The maximum atomic E-state index is 14.4. The van der Waals surface area contributed by atoms with Crippen molar-refractivity contribution in [2.24, 2.45) is 0 Å². The van der Waals surface area contributed by atoms with Crippen LogP contribution in [0.1, 0.15) is 28.5 Å². The average molecular weight is 362 g/mol. The van der Waals surface area contributed by atoms with Gasteiger partial charge in [0.1, 0.15) is 11.4 Å².